The highest BCUT2D eigenvalue weighted by molar-refractivity contribution is 9.10. The van der Waals surface area contributed by atoms with Gasteiger partial charge >= 0.3 is 0 Å². The van der Waals surface area contributed by atoms with Crippen molar-refractivity contribution in [3.05, 3.63) is 52.0 Å². The number of hydrogen-bond acceptors (Lipinski definition) is 3. The van der Waals surface area contributed by atoms with Crippen LogP contribution in [0.5, 0.6) is 0 Å². The van der Waals surface area contributed by atoms with E-state index in [0.717, 1.165) is 6.07 Å². The van der Waals surface area contributed by atoms with Gasteiger partial charge in [-0.2, -0.15) is 0 Å². The van der Waals surface area contributed by atoms with Crippen LogP contribution < -0.4 is 10.5 Å². The van der Waals surface area contributed by atoms with Crippen LogP contribution in [0.3, 0.4) is 0 Å². The summed E-state index contributed by atoms with van der Waals surface area (Å²) < 4.78 is 54.2. The number of anilines is 2. The summed E-state index contributed by atoms with van der Waals surface area (Å²) in [4.78, 5) is -0.206. The summed E-state index contributed by atoms with van der Waals surface area (Å²) in [6.07, 6.45) is 0. The Morgan fingerprint density at radius 3 is 2.52 bits per heavy atom. The largest absolute Gasteiger partial charge is 0.399 e. The zero-order valence-electron chi connectivity index (χ0n) is 10.8. The molecule has 8 heteroatoms. The van der Waals surface area contributed by atoms with Crippen LogP contribution in [-0.4, -0.2) is 8.42 Å². The van der Waals surface area contributed by atoms with Crippen molar-refractivity contribution in [2.24, 2.45) is 0 Å². The van der Waals surface area contributed by atoms with Crippen molar-refractivity contribution in [1.29, 1.82) is 0 Å². The molecule has 0 saturated carbocycles. The van der Waals surface area contributed by atoms with Gasteiger partial charge in [-0.05, 0) is 52.7 Å². The molecule has 0 aliphatic rings. The maximum absolute atomic E-state index is 13.9. The molecule has 0 heterocycles. The fraction of sp³-hybridized carbons (Fsp3) is 0.0769. The van der Waals surface area contributed by atoms with Crippen LogP contribution in [0.15, 0.2) is 39.7 Å². The molecule has 0 aliphatic heterocycles. The minimum Gasteiger partial charge on any atom is -0.399 e. The molecule has 0 spiro atoms. The molecule has 2 aromatic carbocycles. The number of nitrogen functional groups attached to an aromatic ring is 1. The van der Waals surface area contributed by atoms with E-state index in [0.29, 0.717) is 0 Å². The Morgan fingerprint density at radius 2 is 1.86 bits per heavy atom. The number of aryl methyl sites for hydroxylation is 1. The smallest absolute Gasteiger partial charge is 0.263 e. The Labute approximate surface area is 129 Å². The van der Waals surface area contributed by atoms with Crippen LogP contribution in [0, 0.1) is 18.6 Å². The van der Waals surface area contributed by atoms with Crippen LogP contribution in [-0.2, 0) is 10.0 Å². The van der Waals surface area contributed by atoms with Gasteiger partial charge in [0, 0.05) is 10.2 Å². The van der Waals surface area contributed by atoms with E-state index >= 15 is 0 Å². The van der Waals surface area contributed by atoms with Crippen LogP contribution in [0.1, 0.15) is 5.56 Å². The third kappa shape index (κ3) is 3.16. The van der Waals surface area contributed by atoms with E-state index < -0.39 is 27.3 Å². The normalized spacial score (nSPS) is 11.4. The maximum atomic E-state index is 13.9. The van der Waals surface area contributed by atoms with Crippen molar-refractivity contribution >= 4 is 37.3 Å². The van der Waals surface area contributed by atoms with Crippen LogP contribution in [0.4, 0.5) is 20.2 Å². The van der Waals surface area contributed by atoms with E-state index in [-0.39, 0.29) is 20.6 Å². The van der Waals surface area contributed by atoms with Crippen LogP contribution in [0.25, 0.3) is 0 Å². The molecule has 2 aromatic rings. The van der Waals surface area contributed by atoms with Crippen molar-refractivity contribution in [2.75, 3.05) is 10.5 Å². The first-order valence-electron chi connectivity index (χ1n) is 5.75. The van der Waals surface area contributed by atoms with Crippen molar-refractivity contribution in [3.8, 4) is 0 Å². The number of nitrogens with one attached hydrogen (secondary N) is 1. The summed E-state index contributed by atoms with van der Waals surface area (Å²) in [7, 11) is -4.19. The first-order valence-corrected chi connectivity index (χ1v) is 8.02. The van der Waals surface area contributed by atoms with Gasteiger partial charge in [0.15, 0.2) is 5.82 Å². The van der Waals surface area contributed by atoms with Gasteiger partial charge in [0.1, 0.15) is 16.4 Å². The van der Waals surface area contributed by atoms with Crippen molar-refractivity contribution in [2.45, 2.75) is 11.8 Å². The highest BCUT2D eigenvalue weighted by Crippen LogP contribution is 2.29. The standard InChI is InChI=1S/C13H11BrF2N2O2S/c1-7-2-5-10(15)13(12(7)16)18-21(19,20)11-6-8(17)3-4-9(11)14/h2-6,18H,17H2,1H3. The second kappa shape index (κ2) is 5.61. The first-order chi connectivity index (χ1) is 9.72. The summed E-state index contributed by atoms with van der Waals surface area (Å²) in [5, 5.41) is 0. The Kier molecular flexibility index (Phi) is 4.20. The second-order valence-corrected chi connectivity index (χ2v) is 6.85. The van der Waals surface area contributed by atoms with Crippen molar-refractivity contribution in [1.82, 2.24) is 0 Å². The van der Waals surface area contributed by atoms with Gasteiger partial charge in [-0.15, -0.1) is 0 Å². The molecule has 21 heavy (non-hydrogen) atoms. The molecule has 0 bridgehead atoms. The molecule has 0 radical (unpaired) electrons. The number of sulfonamides is 1. The Balaban J connectivity index is 2.53. The van der Waals surface area contributed by atoms with Gasteiger partial charge in [-0.1, -0.05) is 6.07 Å². The summed E-state index contributed by atoms with van der Waals surface area (Å²) in [6.45, 7) is 1.41. The Bertz CT molecular complexity index is 810. The lowest BCUT2D eigenvalue weighted by Gasteiger charge is -2.12. The Hall–Kier alpha value is -1.67. The van der Waals surface area contributed by atoms with Crippen LogP contribution in [0.2, 0.25) is 0 Å². The minimum absolute atomic E-state index is 0.126. The summed E-state index contributed by atoms with van der Waals surface area (Å²) in [6, 6.07) is 6.34. The fourth-order valence-corrected chi connectivity index (χ4v) is 3.73. The van der Waals surface area contributed by atoms with Crippen molar-refractivity contribution in [3.63, 3.8) is 0 Å². The topological polar surface area (TPSA) is 72.2 Å². The summed E-state index contributed by atoms with van der Waals surface area (Å²) in [5.74, 6) is -1.96. The van der Waals surface area contributed by atoms with Crippen LogP contribution >= 0.6 is 15.9 Å². The molecule has 0 unspecified atom stereocenters. The number of halogens is 3. The molecular weight excluding hydrogens is 366 g/mol. The zero-order valence-corrected chi connectivity index (χ0v) is 13.2. The van der Waals surface area contributed by atoms with Gasteiger partial charge in [0.25, 0.3) is 10.0 Å². The third-order valence-corrected chi connectivity index (χ3v) is 5.11. The van der Waals surface area contributed by atoms with Crippen molar-refractivity contribution < 1.29 is 17.2 Å². The zero-order chi connectivity index (χ0) is 15.8. The lowest BCUT2D eigenvalue weighted by Crippen LogP contribution is -2.16. The molecule has 0 aliphatic carbocycles. The quantitative estimate of drug-likeness (QED) is 0.806. The predicted molar refractivity (Wildman–Crippen MR) is 80.5 cm³/mol. The maximum Gasteiger partial charge on any atom is 0.263 e. The number of rotatable bonds is 3. The minimum atomic E-state index is -4.19. The molecule has 0 fully saturated rings. The van der Waals surface area contributed by atoms with Gasteiger partial charge < -0.3 is 5.73 Å². The SMILES string of the molecule is Cc1ccc(F)c(NS(=O)(=O)c2cc(N)ccc2Br)c1F. The molecule has 0 amide bonds. The highest BCUT2D eigenvalue weighted by atomic mass is 79.9. The molecule has 0 atom stereocenters. The highest BCUT2D eigenvalue weighted by Gasteiger charge is 2.22. The molecule has 112 valence electrons. The second-order valence-electron chi connectivity index (χ2n) is 4.35. The van der Waals surface area contributed by atoms with Gasteiger partial charge in [-0.3, -0.25) is 4.72 Å². The molecular formula is C13H11BrF2N2O2S. The average molecular weight is 377 g/mol. The fourth-order valence-electron chi connectivity index (χ4n) is 1.67. The average Bonchev–Trinajstić information content (AvgIpc) is 2.42. The molecule has 0 aromatic heterocycles. The monoisotopic (exact) mass is 376 g/mol. The molecule has 4 nitrogen and oxygen atoms in total. The molecule has 2 rings (SSSR count). The number of benzene rings is 2. The van der Waals surface area contributed by atoms with Gasteiger partial charge in [-0.25, -0.2) is 17.2 Å². The first kappa shape index (κ1) is 15.7. The van der Waals surface area contributed by atoms with E-state index in [9.17, 15) is 17.2 Å². The number of hydrogen-bond donors (Lipinski definition) is 2. The van der Waals surface area contributed by atoms with E-state index in [1.54, 1.807) is 0 Å². The van der Waals surface area contributed by atoms with Gasteiger partial charge in [0.2, 0.25) is 0 Å². The van der Waals surface area contributed by atoms with E-state index in [1.165, 1.54) is 31.2 Å². The third-order valence-electron chi connectivity index (χ3n) is 2.77. The number of nitrogens with two attached hydrogens (primary N) is 1. The van der Waals surface area contributed by atoms with E-state index in [1.807, 2.05) is 4.72 Å². The van der Waals surface area contributed by atoms with E-state index in [2.05, 4.69) is 15.9 Å². The predicted octanol–water partition coefficient (Wildman–Crippen LogP) is 3.42. The molecule has 0 saturated heterocycles. The summed E-state index contributed by atoms with van der Waals surface area (Å²) in [5.41, 5.74) is 5.16. The summed E-state index contributed by atoms with van der Waals surface area (Å²) >= 11 is 3.07. The Morgan fingerprint density at radius 1 is 1.19 bits per heavy atom. The molecule has 3 N–H and O–H groups in total. The lowest BCUT2D eigenvalue weighted by molar-refractivity contribution is 0.578. The lowest BCUT2D eigenvalue weighted by atomic mass is 10.2. The van der Waals surface area contributed by atoms with Gasteiger partial charge in [0.05, 0.1) is 0 Å². The van der Waals surface area contributed by atoms with E-state index in [4.69, 9.17) is 5.73 Å².